The molecule has 0 aliphatic heterocycles. The Morgan fingerprint density at radius 3 is 3.06 bits per heavy atom. The first kappa shape index (κ1) is 13.0. The highest BCUT2D eigenvalue weighted by atomic mass is 79.9. The van der Waals surface area contributed by atoms with Crippen molar-refractivity contribution in [2.45, 2.75) is 12.5 Å². The van der Waals surface area contributed by atoms with Gasteiger partial charge >= 0.3 is 0 Å². The Kier molecular flexibility index (Phi) is 5.90. The highest BCUT2D eigenvalue weighted by molar-refractivity contribution is 9.11. The minimum Gasteiger partial charge on any atom is -0.298 e. The van der Waals surface area contributed by atoms with Gasteiger partial charge in [-0.15, -0.1) is 11.3 Å². The molecule has 0 aliphatic rings. The van der Waals surface area contributed by atoms with Crippen LogP contribution in [0, 0.1) is 11.3 Å². The SMILES string of the molecule is N#CC(NCCCN=[N+]=[N-])c1ccc(Br)s1. The number of azide groups is 1. The van der Waals surface area contributed by atoms with Crippen LogP contribution < -0.4 is 5.32 Å². The normalized spacial score (nSPS) is 11.5. The van der Waals surface area contributed by atoms with E-state index in [1.807, 2.05) is 12.1 Å². The van der Waals surface area contributed by atoms with Crippen LogP contribution in [-0.4, -0.2) is 13.1 Å². The first-order valence-corrected chi connectivity index (χ1v) is 6.28. The van der Waals surface area contributed by atoms with E-state index in [1.165, 1.54) is 11.3 Å². The van der Waals surface area contributed by atoms with Crippen LogP contribution in [0.4, 0.5) is 0 Å². The van der Waals surface area contributed by atoms with Crippen molar-refractivity contribution in [3.63, 3.8) is 0 Å². The summed E-state index contributed by atoms with van der Waals surface area (Å²) in [5.74, 6) is 0. The van der Waals surface area contributed by atoms with Crippen LogP contribution in [0.2, 0.25) is 0 Å². The Hall–Kier alpha value is -1.06. The van der Waals surface area contributed by atoms with E-state index >= 15 is 0 Å². The molecule has 0 fully saturated rings. The van der Waals surface area contributed by atoms with Gasteiger partial charge in [-0.3, -0.25) is 5.32 Å². The van der Waals surface area contributed by atoms with Crippen molar-refractivity contribution < 1.29 is 0 Å². The summed E-state index contributed by atoms with van der Waals surface area (Å²) >= 11 is 4.90. The summed E-state index contributed by atoms with van der Waals surface area (Å²) in [5.41, 5.74) is 8.08. The van der Waals surface area contributed by atoms with Crippen molar-refractivity contribution in [2.24, 2.45) is 5.11 Å². The molecule has 1 aromatic rings. The zero-order valence-electron chi connectivity index (χ0n) is 8.43. The lowest BCUT2D eigenvalue weighted by Gasteiger charge is -2.08. The third kappa shape index (κ3) is 4.21. The molecule has 1 heterocycles. The van der Waals surface area contributed by atoms with Gasteiger partial charge in [-0.05, 0) is 46.6 Å². The van der Waals surface area contributed by atoms with E-state index in [4.69, 9.17) is 10.8 Å². The summed E-state index contributed by atoms with van der Waals surface area (Å²) in [7, 11) is 0. The number of thiophene rings is 1. The van der Waals surface area contributed by atoms with E-state index in [0.717, 1.165) is 15.1 Å². The Balaban J connectivity index is 2.39. The van der Waals surface area contributed by atoms with E-state index in [0.29, 0.717) is 13.1 Å². The molecule has 0 aliphatic carbocycles. The largest absolute Gasteiger partial charge is 0.298 e. The Morgan fingerprint density at radius 2 is 2.50 bits per heavy atom. The molecule has 1 N–H and O–H groups in total. The van der Waals surface area contributed by atoms with E-state index in [2.05, 4.69) is 37.3 Å². The number of nitrogens with one attached hydrogen (secondary N) is 1. The van der Waals surface area contributed by atoms with Crippen LogP contribution in [0.1, 0.15) is 17.3 Å². The van der Waals surface area contributed by atoms with Gasteiger partial charge in [-0.25, -0.2) is 0 Å². The minimum atomic E-state index is -0.289. The van der Waals surface area contributed by atoms with E-state index in [9.17, 15) is 0 Å². The molecule has 0 aromatic carbocycles. The van der Waals surface area contributed by atoms with Gasteiger partial charge in [-0.2, -0.15) is 5.26 Å². The zero-order valence-corrected chi connectivity index (χ0v) is 10.8. The van der Waals surface area contributed by atoms with Crippen LogP contribution in [0.5, 0.6) is 0 Å². The monoisotopic (exact) mass is 299 g/mol. The molecule has 0 saturated heterocycles. The smallest absolute Gasteiger partial charge is 0.130 e. The predicted octanol–water partition coefficient (Wildman–Crippen LogP) is 3.37. The first-order chi connectivity index (χ1) is 7.77. The van der Waals surface area contributed by atoms with Crippen molar-refractivity contribution in [2.75, 3.05) is 13.1 Å². The van der Waals surface area contributed by atoms with Gasteiger partial charge in [0.25, 0.3) is 0 Å². The van der Waals surface area contributed by atoms with Crippen LogP contribution >= 0.6 is 27.3 Å². The number of nitriles is 1. The molecule has 5 nitrogen and oxygen atoms in total. The minimum absolute atomic E-state index is 0.289. The number of nitrogens with zero attached hydrogens (tertiary/aromatic N) is 4. The molecule has 1 aromatic heterocycles. The maximum absolute atomic E-state index is 8.99. The third-order valence-electron chi connectivity index (χ3n) is 1.85. The van der Waals surface area contributed by atoms with Gasteiger partial charge < -0.3 is 0 Å². The molecule has 1 atom stereocenters. The molecule has 0 spiro atoms. The lowest BCUT2D eigenvalue weighted by molar-refractivity contribution is 0.613. The summed E-state index contributed by atoms with van der Waals surface area (Å²) in [5, 5.41) is 15.5. The molecule has 0 bridgehead atoms. The maximum atomic E-state index is 8.99. The molecular weight excluding hydrogens is 290 g/mol. The fraction of sp³-hybridized carbons (Fsp3) is 0.444. The standard InChI is InChI=1S/C9H10BrN5S/c10-9-3-2-8(16-9)7(6-11)13-4-1-5-14-15-12/h2-3,7,13H,1,4-5H2. The lowest BCUT2D eigenvalue weighted by Crippen LogP contribution is -2.20. The summed E-state index contributed by atoms with van der Waals surface area (Å²) in [6.45, 7) is 1.11. The second-order valence-electron chi connectivity index (χ2n) is 2.97. The second kappa shape index (κ2) is 7.25. The highest BCUT2D eigenvalue weighted by Crippen LogP contribution is 2.26. The van der Waals surface area contributed by atoms with Crippen molar-refractivity contribution in [1.29, 1.82) is 5.26 Å². The van der Waals surface area contributed by atoms with Gasteiger partial charge in [0, 0.05) is 16.3 Å². The fourth-order valence-corrected chi connectivity index (χ4v) is 2.58. The molecule has 1 rings (SSSR count). The molecule has 7 heteroatoms. The molecule has 0 radical (unpaired) electrons. The van der Waals surface area contributed by atoms with Gasteiger partial charge in [0.15, 0.2) is 0 Å². The first-order valence-electron chi connectivity index (χ1n) is 4.67. The summed E-state index contributed by atoms with van der Waals surface area (Å²) < 4.78 is 1.01. The maximum Gasteiger partial charge on any atom is 0.130 e. The predicted molar refractivity (Wildman–Crippen MR) is 67.0 cm³/mol. The van der Waals surface area contributed by atoms with Crippen molar-refractivity contribution in [3.05, 3.63) is 31.2 Å². The fourth-order valence-electron chi connectivity index (χ4n) is 1.13. The number of hydrogen-bond acceptors (Lipinski definition) is 4. The Morgan fingerprint density at radius 1 is 1.69 bits per heavy atom. The van der Waals surface area contributed by atoms with Gasteiger partial charge in [0.1, 0.15) is 6.04 Å². The number of halogens is 1. The van der Waals surface area contributed by atoms with E-state index < -0.39 is 0 Å². The van der Waals surface area contributed by atoms with Gasteiger partial charge in [-0.1, -0.05) is 5.11 Å². The van der Waals surface area contributed by atoms with Crippen molar-refractivity contribution >= 4 is 27.3 Å². The van der Waals surface area contributed by atoms with E-state index in [-0.39, 0.29) is 6.04 Å². The van der Waals surface area contributed by atoms with Gasteiger partial charge in [0.05, 0.1) is 9.86 Å². The summed E-state index contributed by atoms with van der Waals surface area (Å²) in [6.07, 6.45) is 0.731. The van der Waals surface area contributed by atoms with Crippen molar-refractivity contribution in [1.82, 2.24) is 5.32 Å². The molecular formula is C9H10BrN5S. The molecule has 16 heavy (non-hydrogen) atoms. The average molecular weight is 300 g/mol. The molecule has 0 amide bonds. The summed E-state index contributed by atoms with van der Waals surface area (Å²) in [6, 6.07) is 5.75. The lowest BCUT2D eigenvalue weighted by atomic mass is 10.2. The molecule has 1 unspecified atom stereocenters. The van der Waals surface area contributed by atoms with Crippen LogP contribution in [0.25, 0.3) is 10.4 Å². The number of rotatable bonds is 6. The van der Waals surface area contributed by atoms with Crippen LogP contribution in [-0.2, 0) is 0 Å². The van der Waals surface area contributed by atoms with E-state index in [1.54, 1.807) is 0 Å². The highest BCUT2D eigenvalue weighted by Gasteiger charge is 2.11. The van der Waals surface area contributed by atoms with Gasteiger partial charge in [0.2, 0.25) is 0 Å². The Labute approximate surface area is 106 Å². The zero-order chi connectivity index (χ0) is 11.8. The third-order valence-corrected chi connectivity index (χ3v) is 3.54. The van der Waals surface area contributed by atoms with Crippen LogP contribution in [0.15, 0.2) is 21.0 Å². The quantitative estimate of drug-likeness (QED) is 0.378. The molecule has 84 valence electrons. The Bertz CT molecular complexity index is 418. The molecule has 0 saturated carbocycles. The topological polar surface area (TPSA) is 84.6 Å². The second-order valence-corrected chi connectivity index (χ2v) is 5.46. The summed E-state index contributed by atoms with van der Waals surface area (Å²) in [4.78, 5) is 3.65. The van der Waals surface area contributed by atoms with Crippen molar-refractivity contribution in [3.8, 4) is 6.07 Å². The van der Waals surface area contributed by atoms with Crippen LogP contribution in [0.3, 0.4) is 0 Å². The average Bonchev–Trinajstić information content (AvgIpc) is 2.70. The number of hydrogen-bond donors (Lipinski definition) is 1.